The topological polar surface area (TPSA) is 95.4 Å². The fourth-order valence-corrected chi connectivity index (χ4v) is 7.17. The molecule has 0 spiro atoms. The van der Waals surface area contributed by atoms with Crippen LogP contribution < -0.4 is 10.6 Å². The SMILES string of the molecule is CC1=C(C=O)C(c2ccc(C(F)(F)F)c(F)c2)n2nc(C3CCN(C(=O)CCN4CCCCC4)CC3)cc2N1.CNc1ccc2cnccc2c1. The van der Waals surface area contributed by atoms with Gasteiger partial charge in [0.1, 0.15) is 24.0 Å². The van der Waals surface area contributed by atoms with E-state index in [-0.39, 0.29) is 23.0 Å². The Balaban J connectivity index is 0.000000313. The maximum absolute atomic E-state index is 14.5. The Kier molecular flexibility index (Phi) is 11.0. The lowest BCUT2D eigenvalue weighted by Crippen LogP contribution is -2.40. The second-order valence-electron chi connectivity index (χ2n) is 13.4. The summed E-state index contributed by atoms with van der Waals surface area (Å²) >= 11 is 0. The Bertz CT molecular complexity index is 1890. The monoisotopic (exact) mass is 705 g/mol. The lowest BCUT2D eigenvalue weighted by atomic mass is 9.93. The van der Waals surface area contributed by atoms with Gasteiger partial charge in [-0.05, 0) is 87.0 Å². The predicted molar refractivity (Wildman–Crippen MR) is 189 cm³/mol. The fraction of sp³-hybridized carbons (Fsp3) is 0.421. The number of amides is 1. The number of rotatable bonds is 7. The van der Waals surface area contributed by atoms with Crippen molar-refractivity contribution in [3.05, 3.63) is 94.8 Å². The van der Waals surface area contributed by atoms with E-state index in [2.05, 4.69) is 32.7 Å². The van der Waals surface area contributed by atoms with E-state index in [0.717, 1.165) is 49.9 Å². The van der Waals surface area contributed by atoms with E-state index in [4.69, 9.17) is 5.10 Å². The summed E-state index contributed by atoms with van der Waals surface area (Å²) in [6, 6.07) is 12.0. The molecular weight excluding hydrogens is 662 g/mol. The van der Waals surface area contributed by atoms with Gasteiger partial charge in [0.2, 0.25) is 5.91 Å². The number of aromatic nitrogens is 3. The number of piperidine rings is 2. The minimum atomic E-state index is -4.82. The summed E-state index contributed by atoms with van der Waals surface area (Å²) in [5.74, 6) is -0.558. The molecule has 3 aliphatic rings. The van der Waals surface area contributed by atoms with Crippen LogP contribution in [-0.4, -0.2) is 76.5 Å². The quantitative estimate of drug-likeness (QED) is 0.153. The molecule has 2 aromatic heterocycles. The van der Waals surface area contributed by atoms with Crippen LogP contribution in [0.2, 0.25) is 0 Å². The van der Waals surface area contributed by atoms with Gasteiger partial charge in [-0.25, -0.2) is 9.07 Å². The molecule has 3 aliphatic heterocycles. The zero-order chi connectivity index (χ0) is 36.1. The molecule has 0 aliphatic carbocycles. The number of nitrogens with zero attached hydrogens (tertiary/aromatic N) is 5. The first-order chi connectivity index (χ1) is 24.5. The number of halogens is 4. The van der Waals surface area contributed by atoms with Crippen LogP contribution in [0, 0.1) is 5.82 Å². The number of nitrogens with one attached hydrogen (secondary N) is 2. The van der Waals surface area contributed by atoms with Gasteiger partial charge in [-0.2, -0.15) is 18.3 Å². The molecule has 2 fully saturated rings. The van der Waals surface area contributed by atoms with Crippen LogP contribution in [0.1, 0.15) is 74.2 Å². The molecule has 5 heterocycles. The smallest absolute Gasteiger partial charge is 0.388 e. The van der Waals surface area contributed by atoms with Gasteiger partial charge in [0, 0.05) is 79.8 Å². The summed E-state index contributed by atoms with van der Waals surface area (Å²) in [7, 11) is 1.92. The number of allylic oxidation sites excluding steroid dienone is 2. The van der Waals surface area contributed by atoms with Crippen LogP contribution in [0.15, 0.2) is 72.2 Å². The molecule has 2 N–H and O–H groups in total. The molecule has 0 saturated carbocycles. The Labute approximate surface area is 294 Å². The van der Waals surface area contributed by atoms with Gasteiger partial charge in [0.15, 0.2) is 0 Å². The van der Waals surface area contributed by atoms with Gasteiger partial charge in [0.05, 0.1) is 11.3 Å². The minimum Gasteiger partial charge on any atom is -0.388 e. The van der Waals surface area contributed by atoms with Crippen LogP contribution in [-0.2, 0) is 15.8 Å². The summed E-state index contributed by atoms with van der Waals surface area (Å²) in [4.78, 5) is 33.1. The summed E-state index contributed by atoms with van der Waals surface area (Å²) in [5, 5.41) is 13.4. The number of anilines is 2. The van der Waals surface area contributed by atoms with E-state index in [9.17, 15) is 27.2 Å². The van der Waals surface area contributed by atoms with Crippen molar-refractivity contribution in [3.63, 3.8) is 0 Å². The van der Waals surface area contributed by atoms with E-state index in [1.165, 1.54) is 36.1 Å². The molecule has 0 bridgehead atoms. The molecule has 0 radical (unpaired) electrons. The van der Waals surface area contributed by atoms with Crippen LogP contribution in [0.3, 0.4) is 0 Å². The van der Waals surface area contributed by atoms with Crippen molar-refractivity contribution in [2.24, 2.45) is 0 Å². The first-order valence-corrected chi connectivity index (χ1v) is 17.5. The molecule has 1 atom stereocenters. The van der Waals surface area contributed by atoms with Crippen LogP contribution >= 0.6 is 0 Å². The number of likely N-dealkylation sites (tertiary alicyclic amines) is 2. The summed E-state index contributed by atoms with van der Waals surface area (Å²) < 4.78 is 55.4. The lowest BCUT2D eigenvalue weighted by Gasteiger charge is -2.32. The number of aldehydes is 1. The van der Waals surface area contributed by atoms with Crippen molar-refractivity contribution in [3.8, 4) is 0 Å². The lowest BCUT2D eigenvalue weighted by molar-refractivity contribution is -0.140. The zero-order valence-corrected chi connectivity index (χ0v) is 28.8. The number of benzene rings is 2. The average Bonchev–Trinajstić information content (AvgIpc) is 3.56. The van der Waals surface area contributed by atoms with Gasteiger partial charge < -0.3 is 20.4 Å². The highest BCUT2D eigenvalue weighted by Crippen LogP contribution is 2.40. The van der Waals surface area contributed by atoms with Crippen molar-refractivity contribution in [1.82, 2.24) is 24.6 Å². The highest BCUT2D eigenvalue weighted by molar-refractivity contribution is 5.84. The summed E-state index contributed by atoms with van der Waals surface area (Å²) in [6.45, 7) is 5.88. The van der Waals surface area contributed by atoms with Gasteiger partial charge in [-0.15, -0.1) is 0 Å². The number of hydrogen-bond acceptors (Lipinski definition) is 7. The molecule has 9 nitrogen and oxygen atoms in total. The third-order valence-corrected chi connectivity index (χ3v) is 10.1. The van der Waals surface area contributed by atoms with Crippen LogP contribution in [0.5, 0.6) is 0 Å². The van der Waals surface area contributed by atoms with Gasteiger partial charge in [-0.1, -0.05) is 18.6 Å². The van der Waals surface area contributed by atoms with E-state index in [0.29, 0.717) is 43.4 Å². The number of carbonyl (C=O) groups excluding carboxylic acids is 2. The molecule has 270 valence electrons. The number of pyridine rings is 1. The normalized spacial score (nSPS) is 18.5. The van der Waals surface area contributed by atoms with E-state index >= 15 is 0 Å². The molecule has 2 aromatic carbocycles. The van der Waals surface area contributed by atoms with Crippen molar-refractivity contribution < 1.29 is 27.2 Å². The van der Waals surface area contributed by atoms with Crippen molar-refractivity contribution in [1.29, 1.82) is 0 Å². The average molecular weight is 706 g/mol. The molecule has 7 rings (SSSR count). The second kappa shape index (κ2) is 15.6. The fourth-order valence-electron chi connectivity index (χ4n) is 7.17. The molecular formula is C38H43F4N7O2. The number of carbonyl (C=O) groups is 2. The third kappa shape index (κ3) is 8.24. The van der Waals surface area contributed by atoms with E-state index in [1.54, 1.807) is 11.6 Å². The number of fused-ring (bicyclic) bond motifs is 2. The highest BCUT2D eigenvalue weighted by atomic mass is 19.4. The first-order valence-electron chi connectivity index (χ1n) is 17.5. The molecule has 2 saturated heterocycles. The third-order valence-electron chi connectivity index (χ3n) is 10.1. The number of hydrogen-bond donors (Lipinski definition) is 2. The first kappa shape index (κ1) is 36.0. The van der Waals surface area contributed by atoms with Crippen molar-refractivity contribution >= 4 is 34.5 Å². The van der Waals surface area contributed by atoms with E-state index < -0.39 is 23.6 Å². The maximum Gasteiger partial charge on any atom is 0.419 e. The van der Waals surface area contributed by atoms with Gasteiger partial charge in [-0.3, -0.25) is 14.6 Å². The summed E-state index contributed by atoms with van der Waals surface area (Å²) in [6.07, 6.45) is 5.14. The van der Waals surface area contributed by atoms with E-state index in [1.807, 2.05) is 42.5 Å². The zero-order valence-electron chi connectivity index (χ0n) is 28.8. The Morgan fingerprint density at radius 2 is 1.76 bits per heavy atom. The Morgan fingerprint density at radius 3 is 2.45 bits per heavy atom. The maximum atomic E-state index is 14.5. The predicted octanol–water partition coefficient (Wildman–Crippen LogP) is 7.39. The molecule has 4 aromatic rings. The highest BCUT2D eigenvalue weighted by Gasteiger charge is 2.36. The van der Waals surface area contributed by atoms with Crippen molar-refractivity contribution in [2.75, 3.05) is 50.4 Å². The second-order valence-corrected chi connectivity index (χ2v) is 13.4. The Morgan fingerprint density at radius 1 is 1.00 bits per heavy atom. The van der Waals surface area contributed by atoms with Gasteiger partial charge in [0.25, 0.3) is 0 Å². The minimum absolute atomic E-state index is 0.0843. The molecule has 1 unspecified atom stereocenters. The molecule has 13 heteroatoms. The molecule has 51 heavy (non-hydrogen) atoms. The number of alkyl halides is 3. The Hall–Kier alpha value is -4.78. The standard InChI is InChI=1S/C28H33F4N5O2.C10H10N2/c1-18-21(17-38)27(20-5-6-22(23(29)15-20)28(30,31)32)37-25(33-18)16-24(34-37)19-7-13-36(14-8-19)26(39)9-12-35-10-3-2-4-11-35;1-11-10-3-2-9-7-12-5-4-8(9)6-10/h5-6,15-17,19,27,33H,2-4,7-14H2,1H3;2-7,11H,1H3. The summed E-state index contributed by atoms with van der Waals surface area (Å²) in [5.41, 5.74) is 1.55. The van der Waals surface area contributed by atoms with Crippen LogP contribution in [0.4, 0.5) is 29.1 Å². The van der Waals surface area contributed by atoms with Crippen molar-refractivity contribution in [2.45, 2.75) is 63.6 Å². The van der Waals surface area contributed by atoms with Gasteiger partial charge >= 0.3 is 6.18 Å². The molecule has 1 amide bonds. The largest absolute Gasteiger partial charge is 0.419 e. The van der Waals surface area contributed by atoms with Crippen LogP contribution in [0.25, 0.3) is 10.8 Å².